The van der Waals surface area contributed by atoms with Gasteiger partial charge in [0.05, 0.1) is 35.2 Å². The van der Waals surface area contributed by atoms with Crippen LogP contribution in [-0.2, 0) is 15.0 Å². The Balaban J connectivity index is 1.40. The Morgan fingerprint density at radius 3 is 2.81 bits per heavy atom. The van der Waals surface area contributed by atoms with Gasteiger partial charge in [-0.3, -0.25) is 4.98 Å². The number of nitrogens with zero attached hydrogens (tertiary/aromatic N) is 2. The standard InChI is InChI=1S/C23H33ClN4O3S/c1-29-11-8-26-17-2-6-23(25,7-3-17)21-12-18(19(24)13-27-21)20-15-32-22(28-20)31-14-16-4-9-30-10-5-16/h12-13,15-17,26H,2-11,14,25H2,1H3. The molecule has 2 aromatic rings. The molecule has 0 radical (unpaired) electrons. The molecule has 0 bridgehead atoms. The normalized spacial score (nSPS) is 24.5. The van der Waals surface area contributed by atoms with Gasteiger partial charge in [0.1, 0.15) is 0 Å². The molecule has 0 unspecified atom stereocenters. The van der Waals surface area contributed by atoms with E-state index in [-0.39, 0.29) is 0 Å². The molecule has 0 amide bonds. The summed E-state index contributed by atoms with van der Waals surface area (Å²) in [5, 5.41) is 6.78. The molecule has 2 aromatic heterocycles. The molecule has 2 fully saturated rings. The van der Waals surface area contributed by atoms with E-state index in [2.05, 4.69) is 15.3 Å². The number of ether oxygens (including phenoxy) is 3. The summed E-state index contributed by atoms with van der Waals surface area (Å²) in [6.45, 7) is 3.90. The molecule has 2 aliphatic rings. The molecule has 9 heteroatoms. The van der Waals surface area contributed by atoms with Crippen LogP contribution in [0.2, 0.25) is 5.02 Å². The van der Waals surface area contributed by atoms with Crippen molar-refractivity contribution in [3.05, 3.63) is 28.4 Å². The summed E-state index contributed by atoms with van der Waals surface area (Å²) in [7, 11) is 1.72. The summed E-state index contributed by atoms with van der Waals surface area (Å²) in [6, 6.07) is 2.49. The quantitative estimate of drug-likeness (QED) is 0.524. The maximum absolute atomic E-state index is 6.82. The van der Waals surface area contributed by atoms with Crippen molar-refractivity contribution in [3.63, 3.8) is 0 Å². The van der Waals surface area contributed by atoms with Crippen LogP contribution in [0, 0.1) is 5.92 Å². The number of hydrogen-bond donors (Lipinski definition) is 2. The highest BCUT2D eigenvalue weighted by molar-refractivity contribution is 7.11. The fourth-order valence-electron chi connectivity index (χ4n) is 4.42. The second kappa shape index (κ2) is 11.2. The number of aromatic nitrogens is 2. The van der Waals surface area contributed by atoms with E-state index < -0.39 is 5.54 Å². The minimum absolute atomic E-state index is 0.447. The van der Waals surface area contributed by atoms with E-state index >= 15 is 0 Å². The smallest absolute Gasteiger partial charge is 0.273 e. The first-order valence-electron chi connectivity index (χ1n) is 11.4. The maximum Gasteiger partial charge on any atom is 0.273 e. The lowest BCUT2D eigenvalue weighted by Gasteiger charge is -2.37. The molecule has 3 heterocycles. The number of thiazole rings is 1. The van der Waals surface area contributed by atoms with Crippen molar-refractivity contribution in [2.75, 3.05) is 40.1 Å². The Morgan fingerprint density at radius 2 is 2.06 bits per heavy atom. The third kappa shape index (κ3) is 5.98. The van der Waals surface area contributed by atoms with E-state index in [1.807, 2.05) is 11.4 Å². The maximum atomic E-state index is 6.82. The number of nitrogens with one attached hydrogen (secondary N) is 1. The van der Waals surface area contributed by atoms with Crippen LogP contribution in [-0.4, -0.2) is 56.1 Å². The highest BCUT2D eigenvalue weighted by Gasteiger charge is 2.35. The average Bonchev–Trinajstić information content (AvgIpc) is 3.29. The topological polar surface area (TPSA) is 91.5 Å². The van der Waals surface area contributed by atoms with Crippen LogP contribution in [0.1, 0.15) is 44.2 Å². The zero-order chi connectivity index (χ0) is 22.4. The van der Waals surface area contributed by atoms with Gasteiger partial charge in [-0.05, 0) is 50.5 Å². The third-order valence-corrected chi connectivity index (χ3v) is 7.58. The van der Waals surface area contributed by atoms with Crippen LogP contribution < -0.4 is 15.8 Å². The molecule has 1 aliphatic carbocycles. The second-order valence-corrected chi connectivity index (χ2v) is 10.0. The average molecular weight is 481 g/mol. The lowest BCUT2D eigenvalue weighted by atomic mass is 9.77. The molecule has 4 rings (SSSR count). The van der Waals surface area contributed by atoms with Gasteiger partial charge in [-0.15, -0.1) is 0 Å². The van der Waals surface area contributed by atoms with E-state index in [4.69, 9.17) is 31.5 Å². The summed E-state index contributed by atoms with van der Waals surface area (Å²) in [5.74, 6) is 0.531. The van der Waals surface area contributed by atoms with Crippen molar-refractivity contribution in [3.8, 4) is 16.5 Å². The lowest BCUT2D eigenvalue weighted by Crippen LogP contribution is -2.46. The zero-order valence-electron chi connectivity index (χ0n) is 18.6. The summed E-state index contributed by atoms with van der Waals surface area (Å²) >= 11 is 8.00. The minimum atomic E-state index is -0.447. The molecule has 3 N–H and O–H groups in total. The molecule has 1 saturated heterocycles. The Morgan fingerprint density at radius 1 is 1.28 bits per heavy atom. The first-order chi connectivity index (χ1) is 15.6. The fourth-order valence-corrected chi connectivity index (χ4v) is 5.29. The fraction of sp³-hybridized carbons (Fsp3) is 0.652. The van der Waals surface area contributed by atoms with Crippen LogP contribution in [0.3, 0.4) is 0 Å². The van der Waals surface area contributed by atoms with E-state index in [0.29, 0.717) is 28.8 Å². The molecule has 0 spiro atoms. The largest absolute Gasteiger partial charge is 0.470 e. The van der Waals surface area contributed by atoms with Crippen molar-refractivity contribution in [2.45, 2.75) is 50.1 Å². The molecule has 0 aromatic carbocycles. The van der Waals surface area contributed by atoms with Crippen LogP contribution in [0.25, 0.3) is 11.3 Å². The molecule has 0 atom stereocenters. The zero-order valence-corrected chi connectivity index (χ0v) is 20.2. The van der Waals surface area contributed by atoms with Crippen LogP contribution in [0.4, 0.5) is 0 Å². The van der Waals surface area contributed by atoms with E-state index in [1.165, 1.54) is 11.3 Å². The molecule has 7 nitrogen and oxygen atoms in total. The summed E-state index contributed by atoms with van der Waals surface area (Å²) in [5.41, 5.74) is 8.92. The molecular weight excluding hydrogens is 448 g/mol. The van der Waals surface area contributed by atoms with Crippen molar-refractivity contribution in [2.24, 2.45) is 11.7 Å². The van der Waals surface area contributed by atoms with Gasteiger partial charge in [0.2, 0.25) is 0 Å². The molecule has 32 heavy (non-hydrogen) atoms. The second-order valence-electron chi connectivity index (χ2n) is 8.79. The first kappa shape index (κ1) is 23.9. The van der Waals surface area contributed by atoms with Crippen molar-refractivity contribution >= 4 is 22.9 Å². The Labute approximate surface area is 199 Å². The molecule has 1 aliphatic heterocycles. The van der Waals surface area contributed by atoms with Gasteiger partial charge in [-0.1, -0.05) is 22.9 Å². The highest BCUT2D eigenvalue weighted by Crippen LogP contribution is 2.38. The third-order valence-electron chi connectivity index (χ3n) is 6.52. The Bertz CT molecular complexity index is 867. The number of methoxy groups -OCH3 is 1. The van der Waals surface area contributed by atoms with Crippen molar-refractivity contribution < 1.29 is 14.2 Å². The van der Waals surface area contributed by atoms with Crippen molar-refractivity contribution in [1.82, 2.24) is 15.3 Å². The van der Waals surface area contributed by atoms with E-state index in [1.54, 1.807) is 13.3 Å². The number of rotatable bonds is 9. The molecule has 1 saturated carbocycles. The van der Waals surface area contributed by atoms with Crippen LogP contribution in [0.5, 0.6) is 5.19 Å². The Kier molecular flexibility index (Phi) is 8.37. The first-order valence-corrected chi connectivity index (χ1v) is 12.7. The predicted molar refractivity (Wildman–Crippen MR) is 127 cm³/mol. The predicted octanol–water partition coefficient (Wildman–Crippen LogP) is 4.00. The summed E-state index contributed by atoms with van der Waals surface area (Å²) < 4.78 is 16.5. The Hall–Kier alpha value is -1.29. The van der Waals surface area contributed by atoms with Crippen molar-refractivity contribution in [1.29, 1.82) is 0 Å². The van der Waals surface area contributed by atoms with Crippen LogP contribution in [0.15, 0.2) is 17.6 Å². The van der Waals surface area contributed by atoms with Gasteiger partial charge in [-0.25, -0.2) is 4.98 Å². The van der Waals surface area contributed by atoms with E-state index in [0.717, 1.165) is 81.8 Å². The van der Waals surface area contributed by atoms with Gasteiger partial charge >= 0.3 is 0 Å². The van der Waals surface area contributed by atoms with Gasteiger partial charge in [0, 0.05) is 50.1 Å². The van der Waals surface area contributed by atoms with Gasteiger partial charge in [-0.2, -0.15) is 0 Å². The van der Waals surface area contributed by atoms with E-state index in [9.17, 15) is 0 Å². The van der Waals surface area contributed by atoms with Gasteiger partial charge in [0.25, 0.3) is 5.19 Å². The number of nitrogens with two attached hydrogens (primary N) is 1. The number of pyridine rings is 1. The summed E-state index contributed by atoms with van der Waals surface area (Å²) in [4.78, 5) is 9.28. The molecule has 176 valence electrons. The van der Waals surface area contributed by atoms with Gasteiger partial charge in [0.15, 0.2) is 0 Å². The highest BCUT2D eigenvalue weighted by atomic mass is 35.5. The summed E-state index contributed by atoms with van der Waals surface area (Å²) in [6.07, 6.45) is 7.57. The van der Waals surface area contributed by atoms with Gasteiger partial charge < -0.3 is 25.3 Å². The lowest BCUT2D eigenvalue weighted by molar-refractivity contribution is 0.0497. The van der Waals surface area contributed by atoms with Crippen LogP contribution >= 0.6 is 22.9 Å². The number of halogens is 1. The SMILES string of the molecule is COCCNC1CCC(N)(c2cc(-c3csc(OCC4CCOCC4)n3)c(Cl)cn2)CC1. The monoisotopic (exact) mass is 480 g/mol. The molecular formula is C23H33ClN4O3S. The minimum Gasteiger partial charge on any atom is -0.470 e. The number of hydrogen-bond acceptors (Lipinski definition) is 8.